The Kier molecular flexibility index (Phi) is 4.17. The minimum atomic E-state index is -0.681. The maximum atomic E-state index is 10.2. The molecular formula is C16H19NO2S. The molecule has 0 aliphatic carbocycles. The van der Waals surface area contributed by atoms with Crippen molar-refractivity contribution in [1.29, 1.82) is 0 Å². The van der Waals surface area contributed by atoms with E-state index in [0.717, 1.165) is 13.0 Å². The molecule has 20 heavy (non-hydrogen) atoms. The van der Waals surface area contributed by atoms with E-state index < -0.39 is 5.60 Å². The minimum absolute atomic E-state index is 0.444. The summed E-state index contributed by atoms with van der Waals surface area (Å²) < 4.78 is 5.24. The summed E-state index contributed by atoms with van der Waals surface area (Å²) in [6.45, 7) is 2.49. The van der Waals surface area contributed by atoms with Gasteiger partial charge in [0.05, 0.1) is 6.61 Å². The van der Waals surface area contributed by atoms with Crippen LogP contribution in [-0.2, 0) is 11.3 Å². The lowest BCUT2D eigenvalue weighted by Crippen LogP contribution is -2.40. The summed E-state index contributed by atoms with van der Waals surface area (Å²) in [6, 6.07) is 12.6. The quantitative estimate of drug-likeness (QED) is 0.889. The Hall–Kier alpha value is -1.20. The molecule has 3 rings (SSSR count). The summed E-state index contributed by atoms with van der Waals surface area (Å²) in [7, 11) is 0. The number of hydrogen-bond donors (Lipinski definition) is 2. The first-order valence-corrected chi connectivity index (χ1v) is 7.77. The highest BCUT2D eigenvalue weighted by Crippen LogP contribution is 2.25. The van der Waals surface area contributed by atoms with E-state index in [-0.39, 0.29) is 0 Å². The standard InChI is InChI=1S/C16H19NO2S/c18-16(6-7-19-12-16)11-17-9-15-8-14(10-20-15)13-4-2-1-3-5-13/h1-5,8,10,17-18H,6-7,9,11-12H2. The summed E-state index contributed by atoms with van der Waals surface area (Å²) in [5.41, 5.74) is 1.83. The van der Waals surface area contributed by atoms with Crippen molar-refractivity contribution < 1.29 is 9.84 Å². The van der Waals surface area contributed by atoms with Crippen molar-refractivity contribution in [2.45, 2.75) is 18.6 Å². The lowest BCUT2D eigenvalue weighted by molar-refractivity contribution is 0.0269. The molecule has 4 heteroatoms. The third-order valence-corrected chi connectivity index (χ3v) is 4.53. The molecule has 1 saturated heterocycles. The second kappa shape index (κ2) is 6.06. The van der Waals surface area contributed by atoms with Gasteiger partial charge in [0.1, 0.15) is 5.60 Å². The monoisotopic (exact) mass is 289 g/mol. The van der Waals surface area contributed by atoms with Gasteiger partial charge in [0.2, 0.25) is 0 Å². The maximum absolute atomic E-state index is 10.2. The molecule has 0 spiro atoms. The van der Waals surface area contributed by atoms with Crippen molar-refractivity contribution in [3.8, 4) is 11.1 Å². The Morgan fingerprint density at radius 3 is 2.85 bits per heavy atom. The van der Waals surface area contributed by atoms with Gasteiger partial charge in [-0.05, 0) is 22.6 Å². The number of ether oxygens (including phenoxy) is 1. The van der Waals surface area contributed by atoms with Gasteiger partial charge in [-0.2, -0.15) is 0 Å². The van der Waals surface area contributed by atoms with Crippen molar-refractivity contribution in [2.24, 2.45) is 0 Å². The molecule has 1 aliphatic heterocycles. The number of thiophene rings is 1. The van der Waals surface area contributed by atoms with Gasteiger partial charge in [-0.25, -0.2) is 0 Å². The fraction of sp³-hybridized carbons (Fsp3) is 0.375. The largest absolute Gasteiger partial charge is 0.386 e. The smallest absolute Gasteiger partial charge is 0.103 e. The molecule has 1 atom stereocenters. The van der Waals surface area contributed by atoms with Gasteiger partial charge < -0.3 is 15.2 Å². The molecule has 0 saturated carbocycles. The third kappa shape index (κ3) is 3.27. The predicted molar refractivity (Wildman–Crippen MR) is 81.8 cm³/mol. The molecule has 1 fully saturated rings. The van der Waals surface area contributed by atoms with E-state index >= 15 is 0 Å². The Morgan fingerprint density at radius 2 is 2.10 bits per heavy atom. The Balaban J connectivity index is 1.55. The number of hydrogen-bond acceptors (Lipinski definition) is 4. The molecule has 3 nitrogen and oxygen atoms in total. The van der Waals surface area contributed by atoms with E-state index in [1.807, 2.05) is 6.07 Å². The zero-order valence-electron chi connectivity index (χ0n) is 11.3. The summed E-state index contributed by atoms with van der Waals surface area (Å²) in [4.78, 5) is 1.28. The van der Waals surface area contributed by atoms with Crippen LogP contribution < -0.4 is 5.32 Å². The van der Waals surface area contributed by atoms with Crippen LogP contribution in [0.25, 0.3) is 11.1 Å². The van der Waals surface area contributed by atoms with Gasteiger partial charge in [-0.1, -0.05) is 30.3 Å². The summed E-state index contributed by atoms with van der Waals surface area (Å²) in [6.07, 6.45) is 0.722. The van der Waals surface area contributed by atoms with Crippen LogP contribution >= 0.6 is 11.3 Å². The molecule has 1 aliphatic rings. The van der Waals surface area contributed by atoms with E-state index in [1.54, 1.807) is 11.3 Å². The lowest BCUT2D eigenvalue weighted by Gasteiger charge is -2.20. The number of aliphatic hydroxyl groups is 1. The highest BCUT2D eigenvalue weighted by Gasteiger charge is 2.31. The van der Waals surface area contributed by atoms with Crippen LogP contribution in [0, 0.1) is 0 Å². The molecule has 1 unspecified atom stereocenters. The van der Waals surface area contributed by atoms with Crippen LogP contribution in [0.4, 0.5) is 0 Å². The second-order valence-corrected chi connectivity index (χ2v) is 6.29. The molecule has 1 aromatic heterocycles. The zero-order chi connectivity index (χ0) is 13.8. The number of benzene rings is 1. The maximum Gasteiger partial charge on any atom is 0.103 e. The van der Waals surface area contributed by atoms with Crippen molar-refractivity contribution in [3.05, 3.63) is 46.7 Å². The Bertz CT molecular complexity index is 547. The van der Waals surface area contributed by atoms with Gasteiger partial charge in [-0.3, -0.25) is 0 Å². The van der Waals surface area contributed by atoms with Crippen LogP contribution in [-0.4, -0.2) is 30.5 Å². The van der Waals surface area contributed by atoms with E-state index in [1.165, 1.54) is 16.0 Å². The normalized spacial score (nSPS) is 22.2. The molecule has 2 heterocycles. The number of nitrogens with one attached hydrogen (secondary N) is 1. The molecule has 0 radical (unpaired) electrons. The average Bonchev–Trinajstić information content (AvgIpc) is 3.10. The van der Waals surface area contributed by atoms with E-state index in [2.05, 4.69) is 41.0 Å². The predicted octanol–water partition coefficient (Wildman–Crippen LogP) is 2.66. The molecule has 2 N–H and O–H groups in total. The van der Waals surface area contributed by atoms with Gasteiger partial charge in [0.25, 0.3) is 0 Å². The van der Waals surface area contributed by atoms with Crippen molar-refractivity contribution >= 4 is 11.3 Å². The van der Waals surface area contributed by atoms with Crippen LogP contribution in [0.15, 0.2) is 41.8 Å². The molecule has 2 aromatic rings. The van der Waals surface area contributed by atoms with E-state index in [9.17, 15) is 5.11 Å². The highest BCUT2D eigenvalue weighted by molar-refractivity contribution is 7.10. The third-order valence-electron chi connectivity index (χ3n) is 3.60. The first-order chi connectivity index (χ1) is 9.75. The van der Waals surface area contributed by atoms with Gasteiger partial charge in [-0.15, -0.1) is 11.3 Å². The van der Waals surface area contributed by atoms with Crippen LogP contribution in [0.3, 0.4) is 0 Å². The highest BCUT2D eigenvalue weighted by atomic mass is 32.1. The van der Waals surface area contributed by atoms with Gasteiger partial charge in [0.15, 0.2) is 0 Å². The summed E-state index contributed by atoms with van der Waals surface area (Å²) in [5.74, 6) is 0. The van der Waals surface area contributed by atoms with Crippen molar-refractivity contribution in [2.75, 3.05) is 19.8 Å². The molecule has 1 aromatic carbocycles. The SMILES string of the molecule is OC1(CNCc2cc(-c3ccccc3)cs2)CCOC1. The Morgan fingerprint density at radius 1 is 1.25 bits per heavy atom. The lowest BCUT2D eigenvalue weighted by atomic mass is 10.0. The molecule has 106 valence electrons. The van der Waals surface area contributed by atoms with Crippen molar-refractivity contribution in [1.82, 2.24) is 5.32 Å². The van der Waals surface area contributed by atoms with E-state index in [0.29, 0.717) is 19.8 Å². The Labute approximate surface area is 123 Å². The topological polar surface area (TPSA) is 41.5 Å². The number of rotatable bonds is 5. The fourth-order valence-electron chi connectivity index (χ4n) is 2.41. The summed E-state index contributed by atoms with van der Waals surface area (Å²) >= 11 is 1.75. The van der Waals surface area contributed by atoms with Crippen LogP contribution in [0.5, 0.6) is 0 Å². The average molecular weight is 289 g/mol. The van der Waals surface area contributed by atoms with Gasteiger partial charge in [0, 0.05) is 31.0 Å². The van der Waals surface area contributed by atoms with Crippen LogP contribution in [0.1, 0.15) is 11.3 Å². The molecular weight excluding hydrogens is 270 g/mol. The fourth-order valence-corrected chi connectivity index (χ4v) is 3.27. The molecule has 0 bridgehead atoms. The second-order valence-electron chi connectivity index (χ2n) is 5.30. The first-order valence-electron chi connectivity index (χ1n) is 6.89. The van der Waals surface area contributed by atoms with Gasteiger partial charge >= 0.3 is 0 Å². The first kappa shape index (κ1) is 13.8. The minimum Gasteiger partial charge on any atom is -0.386 e. The van der Waals surface area contributed by atoms with E-state index in [4.69, 9.17) is 4.74 Å². The zero-order valence-corrected chi connectivity index (χ0v) is 12.2. The molecule has 0 amide bonds. The summed E-state index contributed by atoms with van der Waals surface area (Å²) in [5, 5.41) is 15.7. The van der Waals surface area contributed by atoms with Crippen molar-refractivity contribution in [3.63, 3.8) is 0 Å². The van der Waals surface area contributed by atoms with Crippen LogP contribution in [0.2, 0.25) is 0 Å².